The molecule has 2 aromatic rings. The van der Waals surface area contributed by atoms with Gasteiger partial charge in [0.2, 0.25) is 5.78 Å². The third-order valence-corrected chi connectivity index (χ3v) is 2.22. The zero-order valence-corrected chi connectivity index (χ0v) is 9.00. The van der Waals surface area contributed by atoms with E-state index in [1.807, 2.05) is 0 Å². The van der Waals surface area contributed by atoms with Crippen molar-refractivity contribution in [2.75, 3.05) is 0 Å². The third-order valence-electron chi connectivity index (χ3n) is 1.79. The largest absolute Gasteiger partial charge is 0.469 e. The van der Waals surface area contributed by atoms with Gasteiger partial charge in [-0.15, -0.1) is 0 Å². The maximum absolute atomic E-state index is 11.7. The average molecular weight is 255 g/mol. The van der Waals surface area contributed by atoms with Crippen LogP contribution >= 0.6 is 15.9 Å². The predicted octanol–water partition coefficient (Wildman–Crippen LogP) is 3.17. The summed E-state index contributed by atoms with van der Waals surface area (Å²) < 4.78 is 10.7. The fraction of sp³-hybridized carbons (Fsp3) is 0.100. The molecule has 2 rings (SSSR count). The molecule has 0 saturated carbocycles. The van der Waals surface area contributed by atoms with Crippen LogP contribution in [0.15, 0.2) is 38.0 Å². The first kappa shape index (κ1) is 9.27. The number of ketones is 1. The fourth-order valence-corrected chi connectivity index (χ4v) is 1.45. The van der Waals surface area contributed by atoms with Crippen LogP contribution in [0.1, 0.15) is 21.9 Å². The van der Waals surface area contributed by atoms with Gasteiger partial charge in [0.25, 0.3) is 0 Å². The molecule has 4 heteroatoms. The van der Waals surface area contributed by atoms with Gasteiger partial charge in [0.15, 0.2) is 10.4 Å². The highest BCUT2D eigenvalue weighted by molar-refractivity contribution is 9.10. The Kier molecular flexibility index (Phi) is 2.29. The topological polar surface area (TPSA) is 43.4 Å². The maximum atomic E-state index is 11.7. The van der Waals surface area contributed by atoms with E-state index in [-0.39, 0.29) is 5.78 Å². The van der Waals surface area contributed by atoms with Crippen LogP contribution in [0, 0.1) is 6.92 Å². The summed E-state index contributed by atoms with van der Waals surface area (Å²) in [4.78, 5) is 11.7. The number of aryl methyl sites for hydroxylation is 1. The van der Waals surface area contributed by atoms with E-state index in [0.29, 0.717) is 21.8 Å². The summed E-state index contributed by atoms with van der Waals surface area (Å²) >= 11 is 3.14. The second kappa shape index (κ2) is 3.46. The molecule has 0 N–H and O–H groups in total. The zero-order valence-electron chi connectivity index (χ0n) is 7.41. The van der Waals surface area contributed by atoms with Gasteiger partial charge in [0.1, 0.15) is 12.0 Å². The summed E-state index contributed by atoms with van der Waals surface area (Å²) in [6, 6.07) is 4.98. The second-order valence-electron chi connectivity index (χ2n) is 2.88. The molecule has 0 aromatic carbocycles. The number of carbonyl (C=O) groups excluding carboxylic acids is 1. The minimum absolute atomic E-state index is 0.174. The number of carbonyl (C=O) groups is 1. The summed E-state index contributed by atoms with van der Waals surface area (Å²) in [5.41, 5.74) is 0.504. The van der Waals surface area contributed by atoms with Crippen molar-refractivity contribution in [1.82, 2.24) is 0 Å². The molecular formula is C10H7BrO3. The van der Waals surface area contributed by atoms with Crippen molar-refractivity contribution in [3.05, 3.63) is 46.2 Å². The van der Waals surface area contributed by atoms with E-state index in [1.54, 1.807) is 25.1 Å². The Bertz CT molecular complexity index is 425. The van der Waals surface area contributed by atoms with Crippen molar-refractivity contribution in [2.24, 2.45) is 0 Å². The molecule has 0 aliphatic heterocycles. The van der Waals surface area contributed by atoms with Gasteiger partial charge in [-0.1, -0.05) is 0 Å². The normalized spacial score (nSPS) is 10.4. The van der Waals surface area contributed by atoms with E-state index in [4.69, 9.17) is 8.83 Å². The summed E-state index contributed by atoms with van der Waals surface area (Å²) in [5.74, 6) is 0.837. The highest BCUT2D eigenvalue weighted by atomic mass is 79.9. The van der Waals surface area contributed by atoms with Gasteiger partial charge < -0.3 is 8.83 Å². The molecule has 0 spiro atoms. The van der Waals surface area contributed by atoms with Crippen LogP contribution in [0.25, 0.3) is 0 Å². The zero-order chi connectivity index (χ0) is 10.1. The summed E-state index contributed by atoms with van der Waals surface area (Å²) in [6.07, 6.45) is 1.42. The van der Waals surface area contributed by atoms with E-state index in [2.05, 4.69) is 15.9 Å². The van der Waals surface area contributed by atoms with Gasteiger partial charge in [0.05, 0.1) is 5.56 Å². The van der Waals surface area contributed by atoms with Crippen LogP contribution in [0.4, 0.5) is 0 Å². The highest BCUT2D eigenvalue weighted by Crippen LogP contribution is 2.18. The quantitative estimate of drug-likeness (QED) is 0.774. The smallest absolute Gasteiger partial charge is 0.231 e. The van der Waals surface area contributed by atoms with Crippen molar-refractivity contribution >= 4 is 21.7 Å². The van der Waals surface area contributed by atoms with Crippen LogP contribution in [0.2, 0.25) is 0 Å². The SMILES string of the molecule is Cc1cc(C(=O)c2ccc(Br)o2)co1. The number of hydrogen-bond acceptors (Lipinski definition) is 3. The average Bonchev–Trinajstić information content (AvgIpc) is 2.73. The number of halogens is 1. The van der Waals surface area contributed by atoms with Gasteiger partial charge in [0, 0.05) is 0 Å². The summed E-state index contributed by atoms with van der Waals surface area (Å²) in [6.45, 7) is 1.79. The molecule has 0 radical (unpaired) electrons. The van der Waals surface area contributed by atoms with E-state index >= 15 is 0 Å². The van der Waals surface area contributed by atoms with Crippen molar-refractivity contribution < 1.29 is 13.6 Å². The van der Waals surface area contributed by atoms with E-state index < -0.39 is 0 Å². The molecule has 0 saturated heterocycles. The minimum atomic E-state index is -0.174. The van der Waals surface area contributed by atoms with Crippen LogP contribution < -0.4 is 0 Å². The molecule has 0 atom stereocenters. The lowest BCUT2D eigenvalue weighted by atomic mass is 10.2. The molecule has 0 aliphatic carbocycles. The summed E-state index contributed by atoms with van der Waals surface area (Å²) in [7, 11) is 0. The fourth-order valence-electron chi connectivity index (χ4n) is 1.14. The Labute approximate surface area is 88.8 Å². The van der Waals surface area contributed by atoms with Gasteiger partial charge >= 0.3 is 0 Å². The molecule has 0 fully saturated rings. The maximum Gasteiger partial charge on any atom is 0.231 e. The van der Waals surface area contributed by atoms with Crippen LogP contribution in [-0.2, 0) is 0 Å². The van der Waals surface area contributed by atoms with Gasteiger partial charge in [-0.05, 0) is 41.1 Å². The van der Waals surface area contributed by atoms with E-state index in [1.165, 1.54) is 6.26 Å². The lowest BCUT2D eigenvalue weighted by molar-refractivity contribution is 0.101. The Morgan fingerprint density at radius 1 is 1.43 bits per heavy atom. The molecule has 0 aliphatic rings. The van der Waals surface area contributed by atoms with Crippen molar-refractivity contribution in [3.8, 4) is 0 Å². The molecule has 0 bridgehead atoms. The van der Waals surface area contributed by atoms with Crippen molar-refractivity contribution in [3.63, 3.8) is 0 Å². The highest BCUT2D eigenvalue weighted by Gasteiger charge is 2.14. The monoisotopic (exact) mass is 254 g/mol. The van der Waals surface area contributed by atoms with Gasteiger partial charge in [-0.2, -0.15) is 0 Å². The van der Waals surface area contributed by atoms with Crippen molar-refractivity contribution in [2.45, 2.75) is 6.92 Å². The van der Waals surface area contributed by atoms with Crippen LogP contribution in [0.3, 0.4) is 0 Å². The molecular weight excluding hydrogens is 248 g/mol. The second-order valence-corrected chi connectivity index (χ2v) is 3.66. The first-order valence-electron chi connectivity index (χ1n) is 4.02. The number of furan rings is 2. The lowest BCUT2D eigenvalue weighted by Gasteiger charge is -1.89. The van der Waals surface area contributed by atoms with E-state index in [9.17, 15) is 4.79 Å². The number of rotatable bonds is 2. The Morgan fingerprint density at radius 3 is 2.71 bits per heavy atom. The third kappa shape index (κ3) is 1.65. The Balaban J connectivity index is 2.33. The standard InChI is InChI=1S/C10H7BrO3/c1-6-4-7(5-13-6)10(12)8-2-3-9(11)14-8/h2-5H,1H3. The molecule has 72 valence electrons. The number of hydrogen-bond donors (Lipinski definition) is 0. The van der Waals surface area contributed by atoms with Gasteiger partial charge in [-0.3, -0.25) is 4.79 Å². The molecule has 2 heterocycles. The lowest BCUT2D eigenvalue weighted by Crippen LogP contribution is -1.96. The Hall–Kier alpha value is -1.29. The first-order chi connectivity index (χ1) is 6.66. The van der Waals surface area contributed by atoms with Crippen LogP contribution in [-0.4, -0.2) is 5.78 Å². The summed E-state index contributed by atoms with van der Waals surface area (Å²) in [5, 5.41) is 0. The molecule has 0 amide bonds. The van der Waals surface area contributed by atoms with Crippen LogP contribution in [0.5, 0.6) is 0 Å². The molecule has 2 aromatic heterocycles. The van der Waals surface area contributed by atoms with Gasteiger partial charge in [-0.25, -0.2) is 0 Å². The molecule has 0 unspecified atom stereocenters. The van der Waals surface area contributed by atoms with Crippen molar-refractivity contribution in [1.29, 1.82) is 0 Å². The first-order valence-corrected chi connectivity index (χ1v) is 4.81. The molecule has 3 nitrogen and oxygen atoms in total. The Morgan fingerprint density at radius 2 is 2.21 bits per heavy atom. The predicted molar refractivity (Wildman–Crippen MR) is 53.3 cm³/mol. The van der Waals surface area contributed by atoms with E-state index in [0.717, 1.165) is 0 Å². The minimum Gasteiger partial charge on any atom is -0.469 e. The molecule has 14 heavy (non-hydrogen) atoms.